The molecule has 2 aromatic rings. The molecule has 4 nitrogen and oxygen atoms in total. The van der Waals surface area contributed by atoms with Gasteiger partial charge in [-0.2, -0.15) is 0 Å². The molecular formula is C12H14N2O2S. The van der Waals surface area contributed by atoms with Crippen molar-refractivity contribution in [1.29, 1.82) is 0 Å². The second kappa shape index (κ2) is 5.16. The Morgan fingerprint density at radius 1 is 1.29 bits per heavy atom. The van der Waals surface area contributed by atoms with E-state index < -0.39 is 0 Å². The maximum absolute atomic E-state index is 6.18. The van der Waals surface area contributed by atoms with Crippen molar-refractivity contribution in [2.75, 3.05) is 14.2 Å². The maximum Gasteiger partial charge on any atom is 0.127 e. The number of benzene rings is 1. The maximum atomic E-state index is 6.18. The number of thiazole rings is 1. The van der Waals surface area contributed by atoms with Crippen molar-refractivity contribution >= 4 is 11.3 Å². The molecule has 1 atom stereocenters. The van der Waals surface area contributed by atoms with Gasteiger partial charge in [-0.25, -0.2) is 0 Å². The minimum absolute atomic E-state index is 0.219. The van der Waals surface area contributed by atoms with Gasteiger partial charge in [0.25, 0.3) is 0 Å². The van der Waals surface area contributed by atoms with Crippen molar-refractivity contribution in [1.82, 2.24) is 4.98 Å². The van der Waals surface area contributed by atoms with E-state index in [2.05, 4.69) is 4.98 Å². The van der Waals surface area contributed by atoms with Crippen LogP contribution in [-0.2, 0) is 0 Å². The first-order valence-corrected chi connectivity index (χ1v) is 6.00. The fourth-order valence-electron chi connectivity index (χ4n) is 1.61. The second-order valence-corrected chi connectivity index (χ2v) is 4.41. The highest BCUT2D eigenvalue weighted by molar-refractivity contribution is 7.09. The van der Waals surface area contributed by atoms with Gasteiger partial charge in [-0.05, 0) is 12.1 Å². The molecule has 1 heterocycles. The van der Waals surface area contributed by atoms with Crippen LogP contribution in [0.15, 0.2) is 29.9 Å². The van der Waals surface area contributed by atoms with Crippen LogP contribution >= 0.6 is 11.3 Å². The second-order valence-electron chi connectivity index (χ2n) is 3.49. The van der Waals surface area contributed by atoms with Gasteiger partial charge in [-0.15, -0.1) is 11.3 Å². The van der Waals surface area contributed by atoms with Crippen LogP contribution in [0.3, 0.4) is 0 Å². The van der Waals surface area contributed by atoms with E-state index in [9.17, 15) is 0 Å². The summed E-state index contributed by atoms with van der Waals surface area (Å²) in [4.78, 5) is 5.04. The molecule has 0 amide bonds. The summed E-state index contributed by atoms with van der Waals surface area (Å²) in [5.41, 5.74) is 8.88. The van der Waals surface area contributed by atoms with E-state index in [0.717, 1.165) is 21.9 Å². The highest BCUT2D eigenvalue weighted by atomic mass is 32.1. The summed E-state index contributed by atoms with van der Waals surface area (Å²) in [6.45, 7) is 0. The van der Waals surface area contributed by atoms with Gasteiger partial charge in [0.15, 0.2) is 0 Å². The Morgan fingerprint density at radius 2 is 2.12 bits per heavy atom. The molecule has 0 spiro atoms. The number of rotatable bonds is 4. The Kier molecular flexibility index (Phi) is 3.61. The van der Waals surface area contributed by atoms with Crippen LogP contribution in [0.4, 0.5) is 0 Å². The van der Waals surface area contributed by atoms with E-state index in [0.29, 0.717) is 0 Å². The number of nitrogens with two attached hydrogens (primary N) is 1. The lowest BCUT2D eigenvalue weighted by atomic mass is 10.1. The first kappa shape index (κ1) is 11.9. The fraction of sp³-hybridized carbons (Fsp3) is 0.250. The van der Waals surface area contributed by atoms with E-state index in [4.69, 9.17) is 15.2 Å². The van der Waals surface area contributed by atoms with Gasteiger partial charge in [-0.3, -0.25) is 4.98 Å². The van der Waals surface area contributed by atoms with Gasteiger partial charge in [0.05, 0.1) is 25.8 Å². The summed E-state index contributed by atoms with van der Waals surface area (Å²) in [5.74, 6) is 1.48. The number of aromatic nitrogens is 1. The lowest BCUT2D eigenvalue weighted by Crippen LogP contribution is -2.11. The zero-order valence-electron chi connectivity index (χ0n) is 9.71. The van der Waals surface area contributed by atoms with Crippen molar-refractivity contribution in [3.63, 3.8) is 0 Å². The van der Waals surface area contributed by atoms with Gasteiger partial charge >= 0.3 is 0 Å². The van der Waals surface area contributed by atoms with Crippen LogP contribution in [0.5, 0.6) is 11.5 Å². The summed E-state index contributed by atoms with van der Waals surface area (Å²) in [6, 6.07) is 5.40. The van der Waals surface area contributed by atoms with Gasteiger partial charge in [0, 0.05) is 22.7 Å². The molecule has 1 aromatic heterocycles. The SMILES string of the molecule is COc1ccc(C(N)c2cncs2)c(OC)c1. The Morgan fingerprint density at radius 3 is 2.71 bits per heavy atom. The van der Waals surface area contributed by atoms with Crippen LogP contribution in [0.2, 0.25) is 0 Å². The van der Waals surface area contributed by atoms with Crippen LogP contribution in [0.1, 0.15) is 16.5 Å². The van der Waals surface area contributed by atoms with Gasteiger partial charge < -0.3 is 15.2 Å². The van der Waals surface area contributed by atoms with Gasteiger partial charge in [0.2, 0.25) is 0 Å². The van der Waals surface area contributed by atoms with E-state index in [-0.39, 0.29) is 6.04 Å². The average molecular weight is 250 g/mol. The Bertz CT molecular complexity index is 485. The lowest BCUT2D eigenvalue weighted by Gasteiger charge is -2.15. The molecule has 0 aliphatic rings. The van der Waals surface area contributed by atoms with E-state index in [1.807, 2.05) is 18.2 Å². The normalized spacial score (nSPS) is 12.2. The van der Waals surface area contributed by atoms with Crippen LogP contribution < -0.4 is 15.2 Å². The van der Waals surface area contributed by atoms with Crippen molar-refractivity contribution in [2.45, 2.75) is 6.04 Å². The summed E-state index contributed by atoms with van der Waals surface area (Å²) in [6.07, 6.45) is 1.78. The lowest BCUT2D eigenvalue weighted by molar-refractivity contribution is 0.390. The summed E-state index contributed by atoms with van der Waals surface area (Å²) >= 11 is 1.53. The number of hydrogen-bond acceptors (Lipinski definition) is 5. The zero-order valence-corrected chi connectivity index (χ0v) is 10.5. The average Bonchev–Trinajstić information content (AvgIpc) is 2.91. The highest BCUT2D eigenvalue weighted by Gasteiger charge is 2.15. The molecule has 2 rings (SSSR count). The van der Waals surface area contributed by atoms with E-state index in [1.54, 1.807) is 25.9 Å². The zero-order chi connectivity index (χ0) is 12.3. The number of ether oxygens (including phenoxy) is 2. The topological polar surface area (TPSA) is 57.4 Å². The summed E-state index contributed by atoms with van der Waals surface area (Å²) in [7, 11) is 3.25. The van der Waals surface area contributed by atoms with E-state index in [1.165, 1.54) is 11.3 Å². The molecule has 90 valence electrons. The molecule has 17 heavy (non-hydrogen) atoms. The largest absolute Gasteiger partial charge is 0.497 e. The third kappa shape index (κ3) is 2.40. The summed E-state index contributed by atoms with van der Waals surface area (Å²) < 4.78 is 10.5. The number of hydrogen-bond donors (Lipinski definition) is 1. The molecule has 5 heteroatoms. The minimum atomic E-state index is -0.219. The third-order valence-corrected chi connectivity index (χ3v) is 3.39. The molecule has 0 radical (unpaired) electrons. The molecule has 2 N–H and O–H groups in total. The molecular weight excluding hydrogens is 236 g/mol. The molecule has 1 aromatic carbocycles. The number of nitrogens with zero attached hydrogens (tertiary/aromatic N) is 1. The van der Waals surface area contributed by atoms with Crippen molar-refractivity contribution in [2.24, 2.45) is 5.73 Å². The van der Waals surface area contributed by atoms with Crippen LogP contribution in [-0.4, -0.2) is 19.2 Å². The highest BCUT2D eigenvalue weighted by Crippen LogP contribution is 2.32. The monoisotopic (exact) mass is 250 g/mol. The quantitative estimate of drug-likeness (QED) is 0.903. The standard InChI is InChI=1S/C12H14N2O2S/c1-15-8-3-4-9(10(5-8)16-2)12(13)11-6-14-7-17-11/h3-7,12H,13H2,1-2H3. The van der Waals surface area contributed by atoms with Gasteiger partial charge in [-0.1, -0.05) is 0 Å². The van der Waals surface area contributed by atoms with Crippen molar-refractivity contribution < 1.29 is 9.47 Å². The minimum Gasteiger partial charge on any atom is -0.497 e. The first-order chi connectivity index (χ1) is 8.26. The predicted octanol–water partition coefficient (Wildman–Crippen LogP) is 2.21. The molecule has 0 aliphatic carbocycles. The molecule has 0 bridgehead atoms. The summed E-state index contributed by atoms with van der Waals surface area (Å²) in [5, 5.41) is 0. The first-order valence-electron chi connectivity index (χ1n) is 5.12. The predicted molar refractivity (Wildman–Crippen MR) is 67.7 cm³/mol. The Hall–Kier alpha value is -1.59. The molecule has 0 aliphatic heterocycles. The van der Waals surface area contributed by atoms with Crippen molar-refractivity contribution in [3.8, 4) is 11.5 Å². The molecule has 0 saturated carbocycles. The van der Waals surface area contributed by atoms with E-state index >= 15 is 0 Å². The van der Waals surface area contributed by atoms with Gasteiger partial charge in [0.1, 0.15) is 11.5 Å². The number of methoxy groups -OCH3 is 2. The Balaban J connectivity index is 2.38. The molecule has 1 unspecified atom stereocenters. The fourth-order valence-corrected chi connectivity index (χ4v) is 2.25. The smallest absolute Gasteiger partial charge is 0.127 e. The third-order valence-electron chi connectivity index (χ3n) is 2.53. The van der Waals surface area contributed by atoms with Crippen LogP contribution in [0.25, 0.3) is 0 Å². The molecule has 0 saturated heterocycles. The molecule has 0 fully saturated rings. The Labute approximate surface area is 104 Å². The van der Waals surface area contributed by atoms with Crippen molar-refractivity contribution in [3.05, 3.63) is 40.3 Å². The van der Waals surface area contributed by atoms with Crippen LogP contribution in [0, 0.1) is 0 Å².